The van der Waals surface area contributed by atoms with E-state index >= 15 is 0 Å². The normalized spacial score (nSPS) is 13.3. The summed E-state index contributed by atoms with van der Waals surface area (Å²) in [5, 5.41) is 2.50. The molecule has 0 radical (unpaired) electrons. The van der Waals surface area contributed by atoms with Gasteiger partial charge < -0.3 is 5.32 Å². The summed E-state index contributed by atoms with van der Waals surface area (Å²) in [5.41, 5.74) is -5.12. The van der Waals surface area contributed by atoms with E-state index in [0.29, 0.717) is 6.54 Å². The maximum atomic E-state index is 11.6. The van der Waals surface area contributed by atoms with E-state index in [1.807, 2.05) is 0 Å². The molecule has 0 saturated carbocycles. The molecule has 3 nitrogen and oxygen atoms in total. The third-order valence-corrected chi connectivity index (χ3v) is 2.60. The fraction of sp³-hybridized carbons (Fsp3) is 1.00. The van der Waals surface area contributed by atoms with E-state index in [9.17, 15) is 21.6 Å². The fourth-order valence-electron chi connectivity index (χ4n) is 0.499. The molecule has 0 saturated heterocycles. The van der Waals surface area contributed by atoms with E-state index in [-0.39, 0.29) is 6.54 Å². The van der Waals surface area contributed by atoms with Gasteiger partial charge in [-0.1, -0.05) is 6.92 Å². The van der Waals surface area contributed by atoms with E-state index < -0.39 is 21.1 Å². The molecule has 0 spiro atoms. The van der Waals surface area contributed by atoms with E-state index in [4.69, 9.17) is 0 Å². The van der Waals surface area contributed by atoms with Crippen LogP contribution in [0.4, 0.5) is 13.2 Å². The molecule has 0 atom stereocenters. The van der Waals surface area contributed by atoms with Crippen molar-refractivity contribution >= 4 is 9.84 Å². The van der Waals surface area contributed by atoms with Gasteiger partial charge in [-0.05, 0) is 6.54 Å². The van der Waals surface area contributed by atoms with Crippen LogP contribution in [0.25, 0.3) is 0 Å². The number of sulfone groups is 1. The molecule has 0 amide bonds. The molecule has 0 aliphatic carbocycles. The molecule has 0 bridgehead atoms. The third-order valence-electron chi connectivity index (χ3n) is 1.15. The molecule has 0 aliphatic rings. The average molecular weight is 205 g/mol. The molecular weight excluding hydrogens is 195 g/mol. The van der Waals surface area contributed by atoms with Gasteiger partial charge in [0.05, 0.1) is 5.75 Å². The summed E-state index contributed by atoms with van der Waals surface area (Å²) in [6.07, 6.45) is 0. The number of hydrogen-bond acceptors (Lipinski definition) is 3. The standard InChI is InChI=1S/C5H10F3NO2S/c1-2-9-3-4-12(10,11)5(6,7)8/h9H,2-4H2,1H3. The second-order valence-electron chi connectivity index (χ2n) is 2.12. The van der Waals surface area contributed by atoms with Crippen LogP contribution in [0.3, 0.4) is 0 Å². The molecule has 0 aliphatic heterocycles. The molecule has 0 aromatic carbocycles. The van der Waals surface area contributed by atoms with Crippen molar-refractivity contribution in [1.29, 1.82) is 0 Å². The number of alkyl halides is 3. The number of halogens is 3. The Morgan fingerprint density at radius 3 is 2.17 bits per heavy atom. The van der Waals surface area contributed by atoms with Crippen molar-refractivity contribution in [3.05, 3.63) is 0 Å². The molecule has 74 valence electrons. The van der Waals surface area contributed by atoms with Gasteiger partial charge in [0.2, 0.25) is 9.84 Å². The van der Waals surface area contributed by atoms with Crippen molar-refractivity contribution in [2.75, 3.05) is 18.8 Å². The second-order valence-corrected chi connectivity index (χ2v) is 4.22. The number of rotatable bonds is 4. The predicted molar refractivity (Wildman–Crippen MR) is 38.4 cm³/mol. The lowest BCUT2D eigenvalue weighted by Crippen LogP contribution is -2.31. The van der Waals surface area contributed by atoms with Crippen molar-refractivity contribution in [2.45, 2.75) is 12.4 Å². The Hall–Kier alpha value is -0.300. The van der Waals surface area contributed by atoms with Crippen LogP contribution >= 0.6 is 0 Å². The lowest BCUT2D eigenvalue weighted by Gasteiger charge is -2.07. The van der Waals surface area contributed by atoms with Gasteiger partial charge in [0, 0.05) is 6.54 Å². The van der Waals surface area contributed by atoms with E-state index in [2.05, 4.69) is 5.32 Å². The minimum Gasteiger partial charge on any atom is -0.316 e. The summed E-state index contributed by atoms with van der Waals surface area (Å²) < 4.78 is 55.7. The van der Waals surface area contributed by atoms with Crippen molar-refractivity contribution < 1.29 is 21.6 Å². The van der Waals surface area contributed by atoms with Crippen LogP contribution in [-0.2, 0) is 9.84 Å². The van der Waals surface area contributed by atoms with E-state index in [0.717, 1.165) is 0 Å². The van der Waals surface area contributed by atoms with Crippen molar-refractivity contribution in [1.82, 2.24) is 5.32 Å². The van der Waals surface area contributed by atoms with Crippen molar-refractivity contribution in [2.24, 2.45) is 0 Å². The van der Waals surface area contributed by atoms with Crippen LogP contribution in [0.1, 0.15) is 6.92 Å². The second kappa shape index (κ2) is 4.08. The SMILES string of the molecule is CCNCCS(=O)(=O)C(F)(F)F. The first-order valence-corrected chi connectivity index (χ1v) is 4.96. The summed E-state index contributed by atoms with van der Waals surface area (Å²) in [6.45, 7) is 1.96. The van der Waals surface area contributed by atoms with Gasteiger partial charge in [0.25, 0.3) is 0 Å². The zero-order valence-electron chi connectivity index (χ0n) is 6.48. The first kappa shape index (κ1) is 11.7. The lowest BCUT2D eigenvalue weighted by atomic mass is 10.7. The summed E-state index contributed by atoms with van der Waals surface area (Å²) in [7, 11) is -4.93. The molecule has 12 heavy (non-hydrogen) atoms. The highest BCUT2D eigenvalue weighted by atomic mass is 32.2. The third kappa shape index (κ3) is 3.40. The Labute approximate surface area is 68.9 Å². The fourth-order valence-corrected chi connectivity index (χ4v) is 1.14. The molecular formula is C5H10F3NO2S. The molecule has 1 N–H and O–H groups in total. The van der Waals surface area contributed by atoms with Gasteiger partial charge in [0.1, 0.15) is 0 Å². The highest BCUT2D eigenvalue weighted by Gasteiger charge is 2.44. The van der Waals surface area contributed by atoms with Crippen LogP contribution in [-0.4, -0.2) is 32.8 Å². The van der Waals surface area contributed by atoms with Gasteiger partial charge in [-0.15, -0.1) is 0 Å². The lowest BCUT2D eigenvalue weighted by molar-refractivity contribution is -0.0435. The Kier molecular flexibility index (Phi) is 3.98. The van der Waals surface area contributed by atoms with Gasteiger partial charge in [0.15, 0.2) is 0 Å². The molecule has 0 fully saturated rings. The zero-order chi connectivity index (χ0) is 9.83. The Balaban J connectivity index is 4.08. The van der Waals surface area contributed by atoms with Crippen molar-refractivity contribution in [3.63, 3.8) is 0 Å². The van der Waals surface area contributed by atoms with Gasteiger partial charge >= 0.3 is 5.51 Å². The van der Waals surface area contributed by atoms with E-state index in [1.165, 1.54) is 0 Å². The minimum absolute atomic E-state index is 0.168. The zero-order valence-corrected chi connectivity index (χ0v) is 7.30. The largest absolute Gasteiger partial charge is 0.497 e. The van der Waals surface area contributed by atoms with Crippen LogP contribution < -0.4 is 5.32 Å². The van der Waals surface area contributed by atoms with Gasteiger partial charge in [-0.25, -0.2) is 8.42 Å². The molecule has 0 heterocycles. The summed E-state index contributed by atoms with van der Waals surface area (Å²) in [4.78, 5) is 0. The summed E-state index contributed by atoms with van der Waals surface area (Å²) in [6, 6.07) is 0. The van der Waals surface area contributed by atoms with Crippen LogP contribution in [0, 0.1) is 0 Å². The number of hydrogen-bond donors (Lipinski definition) is 1. The first-order chi connectivity index (χ1) is 5.31. The summed E-state index contributed by atoms with van der Waals surface area (Å²) >= 11 is 0. The highest BCUT2D eigenvalue weighted by molar-refractivity contribution is 7.92. The van der Waals surface area contributed by atoms with Crippen LogP contribution in [0.15, 0.2) is 0 Å². The average Bonchev–Trinajstić information content (AvgIpc) is 1.85. The molecule has 0 unspecified atom stereocenters. The smallest absolute Gasteiger partial charge is 0.316 e. The van der Waals surface area contributed by atoms with Gasteiger partial charge in [-0.2, -0.15) is 13.2 Å². The summed E-state index contributed by atoms with van der Waals surface area (Å²) in [5.74, 6) is -0.898. The minimum atomic E-state index is -5.12. The molecule has 0 rings (SSSR count). The van der Waals surface area contributed by atoms with Crippen molar-refractivity contribution in [3.8, 4) is 0 Å². The maximum absolute atomic E-state index is 11.6. The monoisotopic (exact) mass is 205 g/mol. The van der Waals surface area contributed by atoms with Gasteiger partial charge in [-0.3, -0.25) is 0 Å². The molecule has 7 heteroatoms. The van der Waals surface area contributed by atoms with E-state index in [1.54, 1.807) is 6.92 Å². The highest BCUT2D eigenvalue weighted by Crippen LogP contribution is 2.23. The molecule has 0 aromatic rings. The maximum Gasteiger partial charge on any atom is 0.497 e. The Bertz CT molecular complexity index is 221. The van der Waals surface area contributed by atoms with Crippen LogP contribution in [0.5, 0.6) is 0 Å². The topological polar surface area (TPSA) is 46.2 Å². The Morgan fingerprint density at radius 2 is 1.83 bits per heavy atom. The Morgan fingerprint density at radius 1 is 1.33 bits per heavy atom. The van der Waals surface area contributed by atoms with Crippen LogP contribution in [0.2, 0.25) is 0 Å². The first-order valence-electron chi connectivity index (χ1n) is 3.31. The predicted octanol–water partition coefficient (Wildman–Crippen LogP) is 0.531. The number of nitrogens with one attached hydrogen (secondary N) is 1. The molecule has 0 aromatic heterocycles. The quantitative estimate of drug-likeness (QED) is 0.681.